The van der Waals surface area contributed by atoms with Crippen LogP contribution in [0.3, 0.4) is 0 Å². The topological polar surface area (TPSA) is 9.23 Å². The minimum Gasteiger partial charge on any atom is -0.489 e. The lowest BCUT2D eigenvalue weighted by Crippen LogP contribution is -2.01. The van der Waals surface area contributed by atoms with Crippen LogP contribution in [-0.4, -0.2) is 12.4 Å². The summed E-state index contributed by atoms with van der Waals surface area (Å²) in [5, 5.41) is 0. The molecule has 0 saturated carbocycles. The molecular formula is C17H18OS. The number of benzene rings is 2. The van der Waals surface area contributed by atoms with Gasteiger partial charge in [0.15, 0.2) is 0 Å². The normalized spacial score (nSPS) is 10.2. The van der Waals surface area contributed by atoms with Gasteiger partial charge in [-0.3, -0.25) is 0 Å². The first-order valence-electron chi connectivity index (χ1n) is 6.31. The van der Waals surface area contributed by atoms with E-state index in [2.05, 4.69) is 55.6 Å². The van der Waals surface area contributed by atoms with Gasteiger partial charge in [0.05, 0.1) is 0 Å². The molecular weight excluding hydrogens is 252 g/mol. The summed E-state index contributed by atoms with van der Waals surface area (Å²) >= 11 is 4.15. The Morgan fingerprint density at radius 3 is 2.21 bits per heavy atom. The van der Waals surface area contributed by atoms with Crippen LogP contribution in [-0.2, 0) is 6.42 Å². The minimum atomic E-state index is 0.529. The molecule has 0 aliphatic rings. The zero-order valence-electron chi connectivity index (χ0n) is 10.9. The highest BCUT2D eigenvalue weighted by atomic mass is 32.1. The van der Waals surface area contributed by atoms with Crippen LogP contribution >= 0.6 is 12.6 Å². The van der Waals surface area contributed by atoms with E-state index < -0.39 is 0 Å². The van der Waals surface area contributed by atoms with Crippen molar-refractivity contribution in [3.63, 3.8) is 0 Å². The summed E-state index contributed by atoms with van der Waals surface area (Å²) in [6.45, 7) is 4.39. The molecule has 0 unspecified atom stereocenters. The quantitative estimate of drug-likeness (QED) is 0.613. The maximum atomic E-state index is 5.62. The predicted molar refractivity (Wildman–Crippen MR) is 84.2 cm³/mol. The lowest BCUT2D eigenvalue weighted by Gasteiger charge is -2.08. The SMILES string of the molecule is C=C(CS)COc1ccc(Cc2ccccc2)cc1. The Balaban J connectivity index is 1.93. The van der Waals surface area contributed by atoms with Crippen LogP contribution in [0.4, 0.5) is 0 Å². The second-order valence-electron chi connectivity index (χ2n) is 4.50. The summed E-state index contributed by atoms with van der Waals surface area (Å²) in [4.78, 5) is 0. The third kappa shape index (κ3) is 4.49. The molecule has 2 heteroatoms. The Bertz CT molecular complexity index is 517. The Morgan fingerprint density at radius 2 is 1.58 bits per heavy atom. The van der Waals surface area contributed by atoms with Gasteiger partial charge in [-0.1, -0.05) is 49.0 Å². The van der Waals surface area contributed by atoms with Gasteiger partial charge in [-0.05, 0) is 35.3 Å². The van der Waals surface area contributed by atoms with Crippen molar-refractivity contribution >= 4 is 12.6 Å². The van der Waals surface area contributed by atoms with Crippen molar-refractivity contribution in [2.45, 2.75) is 6.42 Å². The molecule has 2 aromatic carbocycles. The summed E-state index contributed by atoms with van der Waals surface area (Å²) < 4.78 is 5.62. The second kappa shape index (κ2) is 7.05. The first-order valence-corrected chi connectivity index (χ1v) is 6.94. The van der Waals surface area contributed by atoms with Crippen molar-refractivity contribution in [2.75, 3.05) is 12.4 Å². The Labute approximate surface area is 120 Å². The molecule has 0 aromatic heterocycles. The summed E-state index contributed by atoms with van der Waals surface area (Å²) in [7, 11) is 0. The molecule has 0 aliphatic heterocycles. The van der Waals surface area contributed by atoms with Gasteiger partial charge < -0.3 is 4.74 Å². The standard InChI is InChI=1S/C17H18OS/c1-14(13-19)12-18-17-9-7-16(8-10-17)11-15-5-3-2-4-6-15/h2-10,19H,1,11-13H2. The molecule has 0 saturated heterocycles. The van der Waals surface area contributed by atoms with Crippen molar-refractivity contribution in [3.05, 3.63) is 77.9 Å². The van der Waals surface area contributed by atoms with E-state index in [-0.39, 0.29) is 0 Å². The largest absolute Gasteiger partial charge is 0.489 e. The van der Waals surface area contributed by atoms with Gasteiger partial charge >= 0.3 is 0 Å². The fraction of sp³-hybridized carbons (Fsp3) is 0.176. The van der Waals surface area contributed by atoms with Gasteiger partial charge in [-0.2, -0.15) is 12.6 Å². The lowest BCUT2D eigenvalue weighted by molar-refractivity contribution is 0.353. The summed E-state index contributed by atoms with van der Waals surface area (Å²) in [5.41, 5.74) is 3.59. The Hall–Kier alpha value is -1.67. The van der Waals surface area contributed by atoms with E-state index in [1.165, 1.54) is 11.1 Å². The maximum Gasteiger partial charge on any atom is 0.119 e. The molecule has 2 aromatic rings. The van der Waals surface area contributed by atoms with Gasteiger partial charge in [0, 0.05) is 5.75 Å². The van der Waals surface area contributed by atoms with E-state index in [1.807, 2.05) is 18.2 Å². The number of thiol groups is 1. The molecule has 0 atom stereocenters. The first kappa shape index (κ1) is 13.8. The monoisotopic (exact) mass is 270 g/mol. The molecule has 0 aliphatic carbocycles. The number of hydrogen-bond donors (Lipinski definition) is 1. The molecule has 0 heterocycles. The van der Waals surface area contributed by atoms with E-state index in [1.54, 1.807) is 0 Å². The first-order chi connectivity index (χ1) is 9.28. The smallest absolute Gasteiger partial charge is 0.119 e. The van der Waals surface area contributed by atoms with Crippen LogP contribution in [0.2, 0.25) is 0 Å². The summed E-state index contributed by atoms with van der Waals surface area (Å²) in [6, 6.07) is 18.7. The highest BCUT2D eigenvalue weighted by molar-refractivity contribution is 7.80. The lowest BCUT2D eigenvalue weighted by atomic mass is 10.1. The van der Waals surface area contributed by atoms with Crippen LogP contribution in [0.1, 0.15) is 11.1 Å². The zero-order valence-corrected chi connectivity index (χ0v) is 11.8. The second-order valence-corrected chi connectivity index (χ2v) is 4.82. The fourth-order valence-corrected chi connectivity index (χ4v) is 1.86. The van der Waals surface area contributed by atoms with Crippen LogP contribution in [0, 0.1) is 0 Å². The molecule has 98 valence electrons. The number of ether oxygens (including phenoxy) is 1. The average molecular weight is 270 g/mol. The number of rotatable bonds is 6. The Morgan fingerprint density at radius 1 is 0.947 bits per heavy atom. The van der Waals surface area contributed by atoms with E-state index in [0.717, 1.165) is 17.7 Å². The van der Waals surface area contributed by atoms with Crippen molar-refractivity contribution in [3.8, 4) is 5.75 Å². The minimum absolute atomic E-state index is 0.529. The Kier molecular flexibility index (Phi) is 5.10. The third-order valence-electron chi connectivity index (χ3n) is 2.84. The van der Waals surface area contributed by atoms with Gasteiger partial charge in [0.25, 0.3) is 0 Å². The average Bonchev–Trinajstić information content (AvgIpc) is 2.47. The fourth-order valence-electron chi connectivity index (χ4n) is 1.77. The van der Waals surface area contributed by atoms with Crippen molar-refractivity contribution in [1.29, 1.82) is 0 Å². The highest BCUT2D eigenvalue weighted by Crippen LogP contribution is 2.15. The van der Waals surface area contributed by atoms with Crippen LogP contribution in [0.15, 0.2) is 66.7 Å². The highest BCUT2D eigenvalue weighted by Gasteiger charge is 1.98. The van der Waals surface area contributed by atoms with Gasteiger partial charge in [0.1, 0.15) is 12.4 Å². The maximum absolute atomic E-state index is 5.62. The molecule has 1 nitrogen and oxygen atoms in total. The molecule has 0 spiro atoms. The summed E-state index contributed by atoms with van der Waals surface area (Å²) in [5.74, 6) is 1.53. The van der Waals surface area contributed by atoms with Crippen LogP contribution in [0.25, 0.3) is 0 Å². The van der Waals surface area contributed by atoms with Gasteiger partial charge in [-0.25, -0.2) is 0 Å². The van der Waals surface area contributed by atoms with Crippen molar-refractivity contribution in [2.24, 2.45) is 0 Å². The van der Waals surface area contributed by atoms with Crippen molar-refractivity contribution in [1.82, 2.24) is 0 Å². The van der Waals surface area contributed by atoms with Gasteiger partial charge in [0.2, 0.25) is 0 Å². The third-order valence-corrected chi connectivity index (χ3v) is 3.29. The molecule has 0 amide bonds. The molecule has 0 radical (unpaired) electrons. The molecule has 2 rings (SSSR count). The van der Waals surface area contributed by atoms with E-state index in [4.69, 9.17) is 4.74 Å². The molecule has 0 fully saturated rings. The van der Waals surface area contributed by atoms with E-state index in [9.17, 15) is 0 Å². The predicted octanol–water partition coefficient (Wildman–Crippen LogP) is 4.14. The number of hydrogen-bond acceptors (Lipinski definition) is 2. The van der Waals surface area contributed by atoms with E-state index >= 15 is 0 Å². The summed E-state index contributed by atoms with van der Waals surface area (Å²) in [6.07, 6.45) is 0.949. The van der Waals surface area contributed by atoms with Crippen LogP contribution in [0.5, 0.6) is 5.75 Å². The molecule has 0 N–H and O–H groups in total. The van der Waals surface area contributed by atoms with E-state index in [0.29, 0.717) is 12.4 Å². The van der Waals surface area contributed by atoms with Gasteiger partial charge in [-0.15, -0.1) is 0 Å². The van der Waals surface area contributed by atoms with Crippen LogP contribution < -0.4 is 4.74 Å². The molecule has 19 heavy (non-hydrogen) atoms. The molecule has 0 bridgehead atoms. The zero-order chi connectivity index (χ0) is 13.5. The van der Waals surface area contributed by atoms with Crippen molar-refractivity contribution < 1.29 is 4.74 Å².